The number of amides is 1. The molecule has 1 aliphatic heterocycles. The summed E-state index contributed by atoms with van der Waals surface area (Å²) in [6.45, 7) is 2.66. The number of nitrogens with zero attached hydrogens (tertiary/aromatic N) is 5. The third-order valence-electron chi connectivity index (χ3n) is 5.11. The van der Waals surface area contributed by atoms with Gasteiger partial charge in [-0.2, -0.15) is 5.26 Å². The summed E-state index contributed by atoms with van der Waals surface area (Å²) in [6.07, 6.45) is -1.10. The van der Waals surface area contributed by atoms with Crippen LogP contribution in [0.5, 0.6) is 0 Å². The molecule has 2 aromatic carbocycles. The summed E-state index contributed by atoms with van der Waals surface area (Å²) in [5, 5.41) is 20.8. The second kappa shape index (κ2) is 7.98. The third-order valence-corrected chi connectivity index (χ3v) is 5.67. The van der Waals surface area contributed by atoms with Crippen LogP contribution >= 0.6 is 23.2 Å². The minimum absolute atomic E-state index is 0.218. The van der Waals surface area contributed by atoms with Gasteiger partial charge in [-0.05, 0) is 36.8 Å². The Hall–Kier alpha value is -3.08. The summed E-state index contributed by atoms with van der Waals surface area (Å²) in [7, 11) is 0. The van der Waals surface area contributed by atoms with E-state index in [0.29, 0.717) is 33.7 Å². The summed E-state index contributed by atoms with van der Waals surface area (Å²) in [5.41, 5.74) is 2.41. The number of benzene rings is 2. The highest BCUT2D eigenvalue weighted by Gasteiger charge is 2.31. The van der Waals surface area contributed by atoms with Gasteiger partial charge in [-0.3, -0.25) is 4.90 Å². The SMILES string of the molecule is Cc1nc(N2CCN(C(=O)O)C(C#N)C2)c2cc(-c3ccc(Cl)cc3)c(Cl)cc2n1. The zero-order chi connectivity index (χ0) is 21.4. The molecule has 1 amide bonds. The molecule has 1 aromatic heterocycles. The van der Waals surface area contributed by atoms with Gasteiger partial charge in [0.1, 0.15) is 17.7 Å². The van der Waals surface area contributed by atoms with Gasteiger partial charge >= 0.3 is 6.09 Å². The molecule has 1 saturated heterocycles. The molecule has 1 atom stereocenters. The number of hydrogen-bond donors (Lipinski definition) is 1. The second-order valence-electron chi connectivity index (χ2n) is 7.02. The van der Waals surface area contributed by atoms with Gasteiger partial charge in [0.2, 0.25) is 0 Å². The quantitative estimate of drug-likeness (QED) is 0.624. The lowest BCUT2D eigenvalue weighted by Crippen LogP contribution is -2.54. The molecular formula is C21H17Cl2N5O2. The zero-order valence-corrected chi connectivity index (χ0v) is 17.5. The van der Waals surface area contributed by atoms with Crippen LogP contribution in [0.15, 0.2) is 36.4 Å². The number of piperazine rings is 1. The van der Waals surface area contributed by atoms with Crippen LogP contribution in [0, 0.1) is 18.3 Å². The van der Waals surface area contributed by atoms with Gasteiger partial charge in [0.15, 0.2) is 0 Å². The molecule has 4 rings (SSSR count). The highest BCUT2D eigenvalue weighted by atomic mass is 35.5. The molecule has 1 unspecified atom stereocenters. The number of aromatic nitrogens is 2. The van der Waals surface area contributed by atoms with Gasteiger partial charge in [-0.15, -0.1) is 0 Å². The molecule has 30 heavy (non-hydrogen) atoms. The van der Waals surface area contributed by atoms with Crippen LogP contribution in [0.4, 0.5) is 10.6 Å². The van der Waals surface area contributed by atoms with E-state index in [1.807, 2.05) is 23.1 Å². The molecule has 2 heterocycles. The van der Waals surface area contributed by atoms with Crippen molar-refractivity contribution in [2.45, 2.75) is 13.0 Å². The first kappa shape index (κ1) is 20.2. The van der Waals surface area contributed by atoms with E-state index in [9.17, 15) is 15.2 Å². The predicted octanol–water partition coefficient (Wildman–Crippen LogP) is 4.60. The van der Waals surface area contributed by atoms with Crippen molar-refractivity contribution < 1.29 is 9.90 Å². The van der Waals surface area contributed by atoms with Crippen LogP contribution in [0.1, 0.15) is 5.82 Å². The fraction of sp³-hybridized carbons (Fsp3) is 0.238. The monoisotopic (exact) mass is 441 g/mol. The van der Waals surface area contributed by atoms with Gasteiger partial charge in [-0.25, -0.2) is 14.8 Å². The molecule has 9 heteroatoms. The van der Waals surface area contributed by atoms with Crippen LogP contribution in [0.25, 0.3) is 22.0 Å². The van der Waals surface area contributed by atoms with Gasteiger partial charge in [0, 0.05) is 29.1 Å². The van der Waals surface area contributed by atoms with Crippen molar-refractivity contribution in [1.29, 1.82) is 5.26 Å². The highest BCUT2D eigenvalue weighted by molar-refractivity contribution is 6.34. The van der Waals surface area contributed by atoms with Crippen molar-refractivity contribution in [2.24, 2.45) is 0 Å². The summed E-state index contributed by atoms with van der Waals surface area (Å²) in [4.78, 5) is 23.6. The molecule has 0 bridgehead atoms. The smallest absolute Gasteiger partial charge is 0.408 e. The van der Waals surface area contributed by atoms with Crippen molar-refractivity contribution in [3.05, 3.63) is 52.3 Å². The number of hydrogen-bond acceptors (Lipinski definition) is 5. The van der Waals surface area contributed by atoms with Crippen molar-refractivity contribution in [1.82, 2.24) is 14.9 Å². The molecule has 152 valence electrons. The molecule has 0 aliphatic carbocycles. The lowest BCUT2D eigenvalue weighted by atomic mass is 10.0. The Morgan fingerprint density at radius 1 is 1.20 bits per heavy atom. The van der Waals surface area contributed by atoms with E-state index in [1.54, 1.807) is 25.1 Å². The van der Waals surface area contributed by atoms with Crippen LogP contribution in [0.3, 0.4) is 0 Å². The Bertz CT molecular complexity index is 1180. The van der Waals surface area contributed by atoms with E-state index < -0.39 is 12.1 Å². The molecule has 7 nitrogen and oxygen atoms in total. The van der Waals surface area contributed by atoms with Crippen molar-refractivity contribution in [3.8, 4) is 17.2 Å². The molecule has 0 spiro atoms. The number of rotatable bonds is 2. The largest absolute Gasteiger partial charge is 0.465 e. The highest BCUT2D eigenvalue weighted by Crippen LogP contribution is 2.36. The number of carbonyl (C=O) groups is 1. The van der Waals surface area contributed by atoms with Crippen molar-refractivity contribution in [3.63, 3.8) is 0 Å². The Kier molecular flexibility index (Phi) is 5.37. The average Bonchev–Trinajstić information content (AvgIpc) is 2.72. The topological polar surface area (TPSA) is 93.4 Å². The Morgan fingerprint density at radius 2 is 1.93 bits per heavy atom. The number of nitriles is 1. The number of carboxylic acid groups (broad SMARTS) is 1. The lowest BCUT2D eigenvalue weighted by Gasteiger charge is -2.37. The van der Waals surface area contributed by atoms with Crippen LogP contribution in [-0.4, -0.2) is 51.7 Å². The van der Waals surface area contributed by atoms with Crippen molar-refractivity contribution >= 4 is 46.0 Å². The minimum Gasteiger partial charge on any atom is -0.465 e. The maximum absolute atomic E-state index is 11.4. The molecule has 3 aromatic rings. The Balaban J connectivity index is 1.82. The van der Waals surface area contributed by atoms with Gasteiger partial charge in [0.05, 0.1) is 23.2 Å². The van der Waals surface area contributed by atoms with Crippen molar-refractivity contribution in [2.75, 3.05) is 24.5 Å². The molecule has 1 fully saturated rings. The van der Waals surface area contributed by atoms with Crippen LogP contribution in [-0.2, 0) is 0 Å². The predicted molar refractivity (Wildman–Crippen MR) is 116 cm³/mol. The summed E-state index contributed by atoms with van der Waals surface area (Å²) in [5.74, 6) is 1.23. The fourth-order valence-electron chi connectivity index (χ4n) is 3.65. The van der Waals surface area contributed by atoms with Gasteiger partial charge in [0.25, 0.3) is 0 Å². The second-order valence-corrected chi connectivity index (χ2v) is 7.86. The van der Waals surface area contributed by atoms with Gasteiger partial charge in [-0.1, -0.05) is 35.3 Å². The molecular weight excluding hydrogens is 425 g/mol. The summed E-state index contributed by atoms with van der Waals surface area (Å²) >= 11 is 12.6. The van der Waals surface area contributed by atoms with E-state index in [-0.39, 0.29) is 13.1 Å². The van der Waals surface area contributed by atoms with Gasteiger partial charge < -0.3 is 10.0 Å². The third kappa shape index (κ3) is 3.72. The normalized spacial score (nSPS) is 16.5. The maximum atomic E-state index is 11.4. The van der Waals surface area contributed by atoms with Crippen LogP contribution in [0.2, 0.25) is 10.0 Å². The lowest BCUT2D eigenvalue weighted by molar-refractivity contribution is 0.130. The van der Waals surface area contributed by atoms with E-state index >= 15 is 0 Å². The Labute approximate surface area is 183 Å². The Morgan fingerprint density at radius 3 is 2.60 bits per heavy atom. The minimum atomic E-state index is -1.10. The summed E-state index contributed by atoms with van der Waals surface area (Å²) < 4.78 is 0. The molecule has 1 aliphatic rings. The van der Waals surface area contributed by atoms with E-state index in [1.165, 1.54) is 0 Å². The standard InChI is InChI=1S/C21H17Cl2N5O2/c1-12-25-19-9-18(23)16(13-2-4-14(22)5-3-13)8-17(19)20(26-12)27-6-7-28(21(29)30)15(10-24)11-27/h2-5,8-9,15H,6-7,11H2,1H3,(H,29,30). The average molecular weight is 442 g/mol. The first-order valence-electron chi connectivity index (χ1n) is 9.25. The van der Waals surface area contributed by atoms with E-state index in [4.69, 9.17) is 23.2 Å². The number of fused-ring (bicyclic) bond motifs is 1. The first-order chi connectivity index (χ1) is 14.4. The molecule has 0 radical (unpaired) electrons. The maximum Gasteiger partial charge on any atom is 0.408 e. The summed E-state index contributed by atoms with van der Waals surface area (Å²) in [6, 6.07) is 12.4. The van der Waals surface area contributed by atoms with Crippen LogP contribution < -0.4 is 4.90 Å². The fourth-order valence-corrected chi connectivity index (χ4v) is 4.05. The molecule has 0 saturated carbocycles. The van der Waals surface area contributed by atoms with E-state index in [2.05, 4.69) is 16.0 Å². The van der Waals surface area contributed by atoms with E-state index in [0.717, 1.165) is 21.4 Å². The number of halogens is 2. The molecule has 1 N–H and O–H groups in total. The first-order valence-corrected chi connectivity index (χ1v) is 10.0. The number of anilines is 1. The number of aryl methyl sites for hydroxylation is 1. The zero-order valence-electron chi connectivity index (χ0n) is 16.0.